The number of allylic oxidation sites excluding steroid dienone is 10. The van der Waals surface area contributed by atoms with Crippen molar-refractivity contribution < 1.29 is 57.8 Å². The fourth-order valence-corrected chi connectivity index (χ4v) is 13.4. The molecular formula is C70H68Cl7N5O12. The highest BCUT2D eigenvalue weighted by Crippen LogP contribution is 2.38. The van der Waals surface area contributed by atoms with Gasteiger partial charge in [-0.15, -0.1) is 0 Å². The molecule has 6 amide bonds. The van der Waals surface area contributed by atoms with Crippen LogP contribution < -0.4 is 5.73 Å². The fourth-order valence-electron chi connectivity index (χ4n) is 11.5. The number of hydrogen-bond donors (Lipinski definition) is 2. The second-order valence-electron chi connectivity index (χ2n) is 23.0. The summed E-state index contributed by atoms with van der Waals surface area (Å²) in [5, 5.41) is 13.1. The molecule has 3 N–H and O–H groups in total. The molecule has 3 aromatic rings. The van der Waals surface area contributed by atoms with E-state index in [1.54, 1.807) is 84.9 Å². The SMILES string of the molecule is N[C@@H]1CCC=C1Cl.O=C1C=CCC1.O=C1CCC2OC12.O=C1CCC=C1Cl.O=C1c2ccccc2C(=O)N1C1CCC=C1Cl.O=C1c2ccccc2C(=O)N1[C@@H]1CCC=C1Cl.O=C1c2ccccc2C(=O)N1[C@H]1CCC=C1Cl.O=C=NC1CCC=C1Cl.OC1CCC=C1Cl. The normalized spacial score (nSPS) is 25.6. The zero-order valence-corrected chi connectivity index (χ0v) is 56.2. The third kappa shape index (κ3) is 18.4. The van der Waals surface area contributed by atoms with E-state index in [1.807, 2.05) is 42.5 Å². The molecule has 1 saturated heterocycles. The van der Waals surface area contributed by atoms with Crippen molar-refractivity contribution in [3.05, 3.63) is 196 Å². The standard InChI is InChI=1S/3C13H10ClNO2.C6H6ClNO.C5H8ClN.C5H7ClO.C5H5ClO.C5H6O2.C5H6O/c3*14-10-6-3-7-11(10)15-12(16)8-4-1-2-5-9(8)13(15)17;7-5-2-1-3-6(5)8-4-9;3*6-4-2-1-3-5(4)7;6-3-1-2-4-5(3)7-4;6-5-3-1-2-4-5/h3*1-2,4-6,11H,3,7H2;2,6H,1,3H2;2,5H,1,3,7H2;2,5,7H,1,3H2;2H,1,3H2;4-5H,1-2H2;1,3H,2,4H2/t2*11-;;;5-;;;;/m10..1..../s1. The van der Waals surface area contributed by atoms with E-state index in [0.717, 1.165) is 114 Å². The van der Waals surface area contributed by atoms with E-state index < -0.39 is 0 Å². The van der Waals surface area contributed by atoms with Crippen LogP contribution in [0.2, 0.25) is 0 Å². The molecule has 16 rings (SSSR count). The minimum absolute atomic E-state index is 0.0417. The van der Waals surface area contributed by atoms with E-state index in [2.05, 4.69) is 4.99 Å². The summed E-state index contributed by atoms with van der Waals surface area (Å²) in [4.78, 5) is 121. The lowest BCUT2D eigenvalue weighted by molar-refractivity contribution is -0.120. The molecule has 13 aliphatic rings. The number of Topliss-reactive ketones (excluding diaryl/α,β-unsaturated/α-hetero) is 2. The third-order valence-electron chi connectivity index (χ3n) is 16.7. The average molecular weight is 1420 g/mol. The maximum absolute atomic E-state index is 12.2. The Morgan fingerprint density at radius 1 is 0.447 bits per heavy atom. The van der Waals surface area contributed by atoms with Crippen LogP contribution in [0.3, 0.4) is 0 Å². The lowest BCUT2D eigenvalue weighted by Gasteiger charge is -2.22. The summed E-state index contributed by atoms with van der Waals surface area (Å²) in [5.41, 5.74) is 8.36. The van der Waals surface area contributed by atoms with Crippen LogP contribution in [0.4, 0.5) is 0 Å². The van der Waals surface area contributed by atoms with Gasteiger partial charge in [0.15, 0.2) is 17.3 Å². The third-order valence-corrected chi connectivity index (χ3v) is 19.5. The van der Waals surface area contributed by atoms with Crippen LogP contribution in [-0.4, -0.2) is 127 Å². The smallest absolute Gasteiger partial charge is 0.262 e. The van der Waals surface area contributed by atoms with Crippen molar-refractivity contribution >= 4 is 140 Å². The Kier molecular flexibility index (Phi) is 27.1. The van der Waals surface area contributed by atoms with E-state index in [9.17, 15) is 47.9 Å². The summed E-state index contributed by atoms with van der Waals surface area (Å²) in [5.74, 6) is -0.726. The number of amides is 6. The van der Waals surface area contributed by atoms with Gasteiger partial charge in [-0.05, 0) is 139 Å². The van der Waals surface area contributed by atoms with E-state index in [-0.39, 0.29) is 89.4 Å². The van der Waals surface area contributed by atoms with Gasteiger partial charge in [0, 0.05) is 55.5 Å². The van der Waals surface area contributed by atoms with E-state index in [0.29, 0.717) is 81.9 Å². The number of carbonyl (C=O) groups is 9. The van der Waals surface area contributed by atoms with Gasteiger partial charge < -0.3 is 15.6 Å². The summed E-state index contributed by atoms with van der Waals surface area (Å²) in [6.07, 6.45) is 33.2. The number of halogens is 7. The lowest BCUT2D eigenvalue weighted by Crippen LogP contribution is -2.38. The molecule has 0 radical (unpaired) electrons. The number of hydrogen-bond acceptors (Lipinski definition) is 14. The van der Waals surface area contributed by atoms with Crippen molar-refractivity contribution in [1.29, 1.82) is 0 Å². The summed E-state index contributed by atoms with van der Waals surface area (Å²) in [7, 11) is 0. The molecule has 9 aliphatic carbocycles. The van der Waals surface area contributed by atoms with Crippen molar-refractivity contribution in [2.24, 2.45) is 10.7 Å². The monoisotopic (exact) mass is 1420 g/mol. The van der Waals surface area contributed by atoms with Crippen LogP contribution >= 0.6 is 81.2 Å². The van der Waals surface area contributed by atoms with Crippen molar-refractivity contribution in [3.63, 3.8) is 0 Å². The largest absolute Gasteiger partial charge is 0.388 e. The highest BCUT2D eigenvalue weighted by Gasteiger charge is 2.50. The predicted octanol–water partition coefficient (Wildman–Crippen LogP) is 14.3. The fraction of sp³-hybridized carbons (Fsp3) is 0.371. The Balaban J connectivity index is 0.000000140. The Labute approximate surface area is 579 Å². The van der Waals surface area contributed by atoms with Gasteiger partial charge in [0.25, 0.3) is 35.4 Å². The molecule has 4 aliphatic heterocycles. The van der Waals surface area contributed by atoms with Crippen molar-refractivity contribution in [1.82, 2.24) is 14.7 Å². The molecule has 1 saturated carbocycles. The van der Waals surface area contributed by atoms with Crippen LogP contribution in [0, 0.1) is 0 Å². The predicted molar refractivity (Wildman–Crippen MR) is 362 cm³/mol. The molecule has 17 nitrogen and oxygen atoms in total. The Bertz CT molecular complexity index is 3400. The quantitative estimate of drug-likeness (QED) is 0.107. The minimum atomic E-state index is -0.360. The van der Waals surface area contributed by atoms with Gasteiger partial charge in [0.1, 0.15) is 6.10 Å². The first-order valence-electron chi connectivity index (χ1n) is 30.9. The van der Waals surface area contributed by atoms with Crippen LogP contribution in [0.1, 0.15) is 178 Å². The molecular weight excluding hydrogens is 1350 g/mol. The number of isocyanates is 1. The number of aliphatic hydroxyl groups is 1. The first kappa shape index (κ1) is 73.1. The average Bonchev–Trinajstić information content (AvgIpc) is 1.64. The molecule has 3 aromatic carbocycles. The molecule has 8 atom stereocenters. The summed E-state index contributed by atoms with van der Waals surface area (Å²) in [6.45, 7) is 0. The Morgan fingerprint density at radius 3 is 1.02 bits per heavy atom. The number of epoxide rings is 1. The minimum Gasteiger partial charge on any atom is -0.388 e. The van der Waals surface area contributed by atoms with Crippen molar-refractivity contribution in [3.8, 4) is 0 Å². The number of benzene rings is 3. The Hall–Kier alpha value is -6.70. The molecule has 5 unspecified atom stereocenters. The zero-order valence-electron chi connectivity index (χ0n) is 50.9. The van der Waals surface area contributed by atoms with E-state index in [4.69, 9.17) is 96.8 Å². The number of nitrogens with zero attached hydrogens (tertiary/aromatic N) is 4. The van der Waals surface area contributed by atoms with E-state index in [1.165, 1.54) is 20.8 Å². The number of carbonyl (C=O) groups excluding carboxylic acids is 10. The summed E-state index contributed by atoms with van der Waals surface area (Å²) in [6, 6.07) is 19.9. The number of imide groups is 3. The molecule has 494 valence electrons. The highest BCUT2D eigenvalue weighted by atomic mass is 35.5. The maximum atomic E-state index is 12.2. The van der Waals surface area contributed by atoms with Gasteiger partial charge in [-0.1, -0.05) is 166 Å². The number of nitrogens with two attached hydrogens (primary N) is 1. The van der Waals surface area contributed by atoms with Gasteiger partial charge in [0.05, 0.1) is 74.8 Å². The topological polar surface area (TPSA) is 252 Å². The second-order valence-corrected chi connectivity index (χ2v) is 26.0. The van der Waals surface area contributed by atoms with Gasteiger partial charge in [-0.25, -0.2) is 4.79 Å². The highest BCUT2D eigenvalue weighted by molar-refractivity contribution is 6.43. The Morgan fingerprint density at radius 2 is 0.840 bits per heavy atom. The van der Waals surface area contributed by atoms with Crippen molar-refractivity contribution in [2.75, 3.05) is 0 Å². The molecule has 0 spiro atoms. The molecule has 94 heavy (non-hydrogen) atoms. The first-order chi connectivity index (χ1) is 45.1. The lowest BCUT2D eigenvalue weighted by atomic mass is 10.1. The molecule has 24 heteroatoms. The van der Waals surface area contributed by atoms with E-state index >= 15 is 0 Å². The van der Waals surface area contributed by atoms with Crippen LogP contribution in [0.25, 0.3) is 0 Å². The van der Waals surface area contributed by atoms with Gasteiger partial charge >= 0.3 is 0 Å². The summed E-state index contributed by atoms with van der Waals surface area (Å²) < 4.78 is 4.92. The molecule has 0 aromatic heterocycles. The molecule has 4 heterocycles. The maximum Gasteiger partial charge on any atom is 0.262 e. The summed E-state index contributed by atoms with van der Waals surface area (Å²) >= 11 is 40.2. The van der Waals surface area contributed by atoms with Crippen LogP contribution in [0.5, 0.6) is 0 Å². The number of ether oxygens (including phenoxy) is 1. The number of fused-ring (bicyclic) bond motifs is 4. The van der Waals surface area contributed by atoms with Crippen molar-refractivity contribution in [2.45, 2.75) is 164 Å². The van der Waals surface area contributed by atoms with Gasteiger partial charge in [0.2, 0.25) is 6.08 Å². The van der Waals surface area contributed by atoms with Gasteiger partial charge in [-0.3, -0.25) is 57.9 Å². The first-order valence-corrected chi connectivity index (χ1v) is 33.6. The van der Waals surface area contributed by atoms with Crippen LogP contribution in [-0.2, 0) is 23.9 Å². The number of aliphatic imine (C=N–C) groups is 1. The zero-order chi connectivity index (χ0) is 67.8. The molecule has 2 fully saturated rings. The van der Waals surface area contributed by atoms with Gasteiger partial charge in [-0.2, -0.15) is 4.99 Å². The molecule has 0 bridgehead atoms. The second kappa shape index (κ2) is 34.8. The number of rotatable bonds is 4. The van der Waals surface area contributed by atoms with Crippen LogP contribution in [0.15, 0.2) is 168 Å². The number of ketones is 3. The number of aliphatic hydroxyl groups excluding tert-OH is 1.